The van der Waals surface area contributed by atoms with Crippen LogP contribution in [0.3, 0.4) is 0 Å². The fraction of sp³-hybridized carbons (Fsp3) is 0.929. The molecule has 0 spiro atoms. The number of nitrogens with two attached hydrogens (primary N) is 1. The van der Waals surface area contributed by atoms with Gasteiger partial charge in [-0.3, -0.25) is 0 Å². The largest absolute Gasteiger partial charge is 0.367 e. The summed E-state index contributed by atoms with van der Waals surface area (Å²) in [6.45, 7) is 6.56. The van der Waals surface area contributed by atoms with Crippen LogP contribution >= 0.6 is 0 Å². The van der Waals surface area contributed by atoms with Crippen molar-refractivity contribution < 1.29 is 4.74 Å². The number of rotatable bonds is 7. The van der Waals surface area contributed by atoms with Gasteiger partial charge in [-0.15, -0.1) is 5.10 Å². The monoisotopic (exact) mass is 281 g/mol. The lowest BCUT2D eigenvalue weighted by molar-refractivity contribution is -0.0909. The number of aromatic nitrogens is 4. The van der Waals surface area contributed by atoms with Gasteiger partial charge in [0.05, 0.1) is 0 Å². The summed E-state index contributed by atoms with van der Waals surface area (Å²) in [7, 11) is 0. The predicted molar refractivity (Wildman–Crippen MR) is 77.0 cm³/mol. The van der Waals surface area contributed by atoms with E-state index in [1.165, 1.54) is 12.8 Å². The second-order valence-corrected chi connectivity index (χ2v) is 5.85. The van der Waals surface area contributed by atoms with Crippen LogP contribution in [0, 0.1) is 5.92 Å². The van der Waals surface area contributed by atoms with Gasteiger partial charge in [0.15, 0.2) is 5.82 Å². The van der Waals surface area contributed by atoms with Crippen molar-refractivity contribution in [2.75, 3.05) is 13.2 Å². The molecule has 1 aliphatic rings. The van der Waals surface area contributed by atoms with Gasteiger partial charge in [0.1, 0.15) is 5.60 Å². The van der Waals surface area contributed by atoms with Crippen LogP contribution in [-0.2, 0) is 16.9 Å². The Balaban J connectivity index is 2.18. The van der Waals surface area contributed by atoms with Gasteiger partial charge in [-0.25, -0.2) is 4.68 Å². The molecule has 1 aliphatic carbocycles. The van der Waals surface area contributed by atoms with Crippen molar-refractivity contribution in [3.8, 4) is 0 Å². The lowest BCUT2D eigenvalue weighted by Gasteiger charge is -2.38. The van der Waals surface area contributed by atoms with Gasteiger partial charge in [0.25, 0.3) is 0 Å². The van der Waals surface area contributed by atoms with E-state index in [2.05, 4.69) is 22.4 Å². The maximum atomic E-state index is 6.14. The average Bonchev–Trinajstić information content (AvgIpc) is 2.88. The number of aryl methyl sites for hydroxylation is 1. The summed E-state index contributed by atoms with van der Waals surface area (Å²) in [5.74, 6) is 1.56. The molecule has 0 amide bonds. The highest BCUT2D eigenvalue weighted by atomic mass is 16.5. The molecule has 2 atom stereocenters. The third-order valence-corrected chi connectivity index (χ3v) is 4.14. The molecule has 1 aromatic heterocycles. The van der Waals surface area contributed by atoms with E-state index in [0.717, 1.165) is 38.1 Å². The summed E-state index contributed by atoms with van der Waals surface area (Å²) < 4.78 is 8.06. The second kappa shape index (κ2) is 7.13. The molecule has 0 radical (unpaired) electrons. The first-order valence-corrected chi connectivity index (χ1v) is 7.82. The molecule has 1 saturated carbocycles. The second-order valence-electron chi connectivity index (χ2n) is 5.85. The molecule has 0 bridgehead atoms. The molecule has 1 heterocycles. The van der Waals surface area contributed by atoms with Crippen molar-refractivity contribution in [1.29, 1.82) is 0 Å². The number of tetrazole rings is 1. The number of nitrogens with zero attached hydrogens (tertiary/aromatic N) is 4. The van der Waals surface area contributed by atoms with Crippen molar-refractivity contribution in [3.63, 3.8) is 0 Å². The number of hydrogen-bond donors (Lipinski definition) is 1. The van der Waals surface area contributed by atoms with E-state index in [9.17, 15) is 0 Å². The van der Waals surface area contributed by atoms with Crippen LogP contribution in [-0.4, -0.2) is 33.4 Å². The van der Waals surface area contributed by atoms with Crippen LogP contribution in [0.5, 0.6) is 0 Å². The maximum Gasteiger partial charge on any atom is 0.183 e. The summed E-state index contributed by atoms with van der Waals surface area (Å²) in [5.41, 5.74) is 5.26. The maximum absolute atomic E-state index is 6.14. The minimum absolute atomic E-state index is 0.293. The van der Waals surface area contributed by atoms with E-state index >= 15 is 0 Å². The van der Waals surface area contributed by atoms with Gasteiger partial charge in [-0.05, 0) is 61.9 Å². The summed E-state index contributed by atoms with van der Waals surface area (Å²) >= 11 is 0. The molecule has 20 heavy (non-hydrogen) atoms. The fourth-order valence-corrected chi connectivity index (χ4v) is 3.27. The van der Waals surface area contributed by atoms with E-state index in [0.29, 0.717) is 19.1 Å². The minimum atomic E-state index is -0.293. The highest BCUT2D eigenvalue weighted by Crippen LogP contribution is 2.41. The van der Waals surface area contributed by atoms with Gasteiger partial charge >= 0.3 is 0 Å². The van der Waals surface area contributed by atoms with Crippen LogP contribution in [0.2, 0.25) is 0 Å². The smallest absolute Gasteiger partial charge is 0.183 e. The Labute approximate surface area is 121 Å². The first-order valence-electron chi connectivity index (χ1n) is 7.82. The van der Waals surface area contributed by atoms with Crippen LogP contribution in [0.4, 0.5) is 0 Å². The standard InChI is InChI=1S/C14H27N5O/c1-3-20-14(8-6-7-12(2)11-14)13-16-17-18-19(13)10-5-4-9-15/h12H,3-11,15H2,1-2H3. The molecule has 0 aromatic carbocycles. The number of ether oxygens (including phenoxy) is 1. The minimum Gasteiger partial charge on any atom is -0.367 e. The van der Waals surface area contributed by atoms with Crippen molar-refractivity contribution in [1.82, 2.24) is 20.2 Å². The third kappa shape index (κ3) is 3.35. The Kier molecular flexibility index (Phi) is 5.48. The van der Waals surface area contributed by atoms with Gasteiger partial charge < -0.3 is 10.5 Å². The van der Waals surface area contributed by atoms with Crippen LogP contribution in [0.15, 0.2) is 0 Å². The zero-order valence-electron chi connectivity index (χ0n) is 12.7. The highest BCUT2D eigenvalue weighted by Gasteiger charge is 2.41. The molecular weight excluding hydrogens is 254 g/mol. The zero-order chi connectivity index (χ0) is 14.4. The molecule has 0 aliphatic heterocycles. The van der Waals surface area contributed by atoms with Crippen molar-refractivity contribution in [2.24, 2.45) is 11.7 Å². The quantitative estimate of drug-likeness (QED) is 0.772. The Bertz CT molecular complexity index is 404. The molecule has 2 N–H and O–H groups in total. The van der Waals surface area contributed by atoms with Crippen LogP contribution in [0.25, 0.3) is 0 Å². The molecule has 2 rings (SSSR count). The zero-order valence-corrected chi connectivity index (χ0v) is 12.7. The summed E-state index contributed by atoms with van der Waals surface area (Å²) in [6.07, 6.45) is 6.48. The normalized spacial score (nSPS) is 26.9. The summed E-state index contributed by atoms with van der Waals surface area (Å²) in [5, 5.41) is 12.3. The van der Waals surface area contributed by atoms with E-state index in [4.69, 9.17) is 10.5 Å². The lowest BCUT2D eigenvalue weighted by Crippen LogP contribution is -2.38. The molecule has 2 unspecified atom stereocenters. The summed E-state index contributed by atoms with van der Waals surface area (Å²) in [6, 6.07) is 0. The molecule has 6 nitrogen and oxygen atoms in total. The van der Waals surface area contributed by atoms with E-state index in [1.54, 1.807) is 0 Å². The first kappa shape index (κ1) is 15.4. The fourth-order valence-electron chi connectivity index (χ4n) is 3.27. The molecule has 1 aromatic rings. The van der Waals surface area contributed by atoms with Gasteiger partial charge in [-0.2, -0.15) is 0 Å². The average molecular weight is 281 g/mol. The van der Waals surface area contributed by atoms with E-state index < -0.39 is 0 Å². The van der Waals surface area contributed by atoms with Crippen LogP contribution < -0.4 is 5.73 Å². The van der Waals surface area contributed by atoms with Crippen molar-refractivity contribution in [2.45, 2.75) is 64.5 Å². The SMILES string of the molecule is CCOC1(c2nnnn2CCCCN)CCCC(C)C1. The van der Waals surface area contributed by atoms with Gasteiger partial charge in [0, 0.05) is 13.2 Å². The molecule has 0 saturated heterocycles. The Morgan fingerprint density at radius 3 is 3.00 bits per heavy atom. The lowest BCUT2D eigenvalue weighted by atomic mass is 9.78. The number of hydrogen-bond acceptors (Lipinski definition) is 5. The van der Waals surface area contributed by atoms with Gasteiger partial charge in [-0.1, -0.05) is 13.3 Å². The Hall–Kier alpha value is -1.01. The summed E-state index contributed by atoms with van der Waals surface area (Å²) in [4.78, 5) is 0. The first-order chi connectivity index (χ1) is 9.72. The predicted octanol–water partition coefficient (Wildman–Crippen LogP) is 1.85. The molecule has 1 fully saturated rings. The van der Waals surface area contributed by atoms with Crippen molar-refractivity contribution >= 4 is 0 Å². The van der Waals surface area contributed by atoms with E-state index in [-0.39, 0.29) is 5.60 Å². The van der Waals surface area contributed by atoms with Crippen molar-refractivity contribution in [3.05, 3.63) is 5.82 Å². The number of unbranched alkanes of at least 4 members (excludes halogenated alkanes) is 1. The van der Waals surface area contributed by atoms with Gasteiger partial charge in [0.2, 0.25) is 0 Å². The molecule has 6 heteroatoms. The highest BCUT2D eigenvalue weighted by molar-refractivity contribution is 5.03. The van der Waals surface area contributed by atoms with E-state index in [1.807, 2.05) is 11.6 Å². The molecule has 114 valence electrons. The topological polar surface area (TPSA) is 78.9 Å². The third-order valence-electron chi connectivity index (χ3n) is 4.14. The molecular formula is C14H27N5O. The Morgan fingerprint density at radius 1 is 1.45 bits per heavy atom. The Morgan fingerprint density at radius 2 is 2.30 bits per heavy atom. The van der Waals surface area contributed by atoms with Crippen LogP contribution in [0.1, 0.15) is 58.2 Å².